The maximum Gasteiger partial charge on any atom is 0.441 e. The molecule has 6 heteroatoms. The lowest BCUT2D eigenvalue weighted by atomic mass is 10.2. The van der Waals surface area contributed by atoms with Gasteiger partial charge in [-0.15, -0.1) is 5.48 Å². The van der Waals surface area contributed by atoms with E-state index in [1.807, 2.05) is 42.7 Å². The fraction of sp³-hybridized carbons (Fsp3) is 0.429. The highest BCUT2D eigenvalue weighted by atomic mass is 79.9. The molecule has 5 nitrogen and oxygen atoms in total. The van der Waals surface area contributed by atoms with Gasteiger partial charge >= 0.3 is 12.1 Å². The van der Waals surface area contributed by atoms with Gasteiger partial charge in [0.15, 0.2) is 0 Å². The Morgan fingerprint density at radius 3 is 2.65 bits per heavy atom. The molecule has 0 aliphatic rings. The Morgan fingerprint density at radius 1 is 1.30 bits per heavy atom. The smallest absolute Gasteiger partial charge is 0.441 e. The number of halogens is 1. The monoisotopic (exact) mass is 343 g/mol. The van der Waals surface area contributed by atoms with E-state index < -0.39 is 12.1 Å². The third kappa shape index (κ3) is 7.78. The van der Waals surface area contributed by atoms with Crippen LogP contribution in [0.1, 0.15) is 31.7 Å². The molecule has 0 radical (unpaired) electrons. The molecule has 1 N–H and O–H groups in total. The van der Waals surface area contributed by atoms with Crippen LogP contribution in [0.3, 0.4) is 0 Å². The molecular formula is C14H18BrNO4. The van der Waals surface area contributed by atoms with Gasteiger partial charge in [-0.3, -0.25) is 0 Å². The maximum atomic E-state index is 11.3. The number of rotatable bonds is 6. The van der Waals surface area contributed by atoms with Crippen LogP contribution in [0, 0.1) is 0 Å². The van der Waals surface area contributed by atoms with E-state index in [-0.39, 0.29) is 13.0 Å². The summed E-state index contributed by atoms with van der Waals surface area (Å²) in [5.41, 5.74) is 2.83. The van der Waals surface area contributed by atoms with Crippen molar-refractivity contribution in [3.05, 3.63) is 35.9 Å². The van der Waals surface area contributed by atoms with Crippen molar-refractivity contribution in [3.8, 4) is 0 Å². The summed E-state index contributed by atoms with van der Waals surface area (Å²) in [6, 6.07) is 9.24. The van der Waals surface area contributed by atoms with Crippen LogP contribution in [-0.2, 0) is 21.0 Å². The average molecular weight is 344 g/mol. The highest BCUT2D eigenvalue weighted by molar-refractivity contribution is 9.09. The lowest BCUT2D eigenvalue weighted by molar-refractivity contribution is -0.150. The van der Waals surface area contributed by atoms with Gasteiger partial charge < -0.3 is 9.57 Å². The Labute approximate surface area is 126 Å². The Hall–Kier alpha value is -1.56. The fourth-order valence-corrected chi connectivity index (χ4v) is 1.75. The molecular weight excluding hydrogens is 326 g/mol. The van der Waals surface area contributed by atoms with Crippen LogP contribution in [0.4, 0.5) is 4.79 Å². The fourth-order valence-electron chi connectivity index (χ4n) is 1.43. The first-order chi connectivity index (χ1) is 9.58. The minimum Gasteiger partial charge on any atom is -0.443 e. The number of hydrogen-bond donors (Lipinski definition) is 1. The van der Waals surface area contributed by atoms with E-state index in [1.54, 1.807) is 0 Å². The van der Waals surface area contributed by atoms with Crippen molar-refractivity contribution in [2.45, 2.75) is 37.6 Å². The van der Waals surface area contributed by atoms with Crippen LogP contribution in [0.25, 0.3) is 0 Å². The molecule has 0 spiro atoms. The third-order valence-electron chi connectivity index (χ3n) is 2.44. The number of carbonyl (C=O) groups excluding carboxylic acids is 2. The maximum absolute atomic E-state index is 11.3. The number of hydroxylamine groups is 1. The topological polar surface area (TPSA) is 64.6 Å². The van der Waals surface area contributed by atoms with E-state index in [9.17, 15) is 9.59 Å². The summed E-state index contributed by atoms with van der Waals surface area (Å²) in [5.74, 6) is -0.477. The molecule has 1 unspecified atom stereocenters. The van der Waals surface area contributed by atoms with E-state index in [1.165, 1.54) is 0 Å². The van der Waals surface area contributed by atoms with Gasteiger partial charge in [0.2, 0.25) is 0 Å². The van der Waals surface area contributed by atoms with E-state index in [4.69, 9.17) is 4.74 Å². The van der Waals surface area contributed by atoms with Gasteiger partial charge in [-0.05, 0) is 18.4 Å². The molecule has 0 aliphatic heterocycles. The average Bonchev–Trinajstić information content (AvgIpc) is 2.43. The van der Waals surface area contributed by atoms with Gasteiger partial charge in [0, 0.05) is 11.2 Å². The van der Waals surface area contributed by atoms with Crippen LogP contribution < -0.4 is 5.48 Å². The van der Waals surface area contributed by atoms with Gasteiger partial charge in [-0.1, -0.05) is 53.2 Å². The van der Waals surface area contributed by atoms with E-state index in [2.05, 4.69) is 20.8 Å². The number of nitrogens with one attached hydrogen (secondary N) is 1. The standard InChI is InChI=1S/C14H18BrNO4/c1-11(15)6-5-9-13(17)20-16-14(18)19-10-12-7-3-2-4-8-12/h2-4,7-8,11H,5-6,9-10H2,1H3,(H,16,18). The van der Waals surface area contributed by atoms with Crippen molar-refractivity contribution in [3.63, 3.8) is 0 Å². The normalized spacial score (nSPS) is 11.5. The van der Waals surface area contributed by atoms with Gasteiger partial charge in [-0.25, -0.2) is 9.59 Å². The first kappa shape index (κ1) is 16.5. The van der Waals surface area contributed by atoms with Crippen molar-refractivity contribution in [2.24, 2.45) is 0 Å². The van der Waals surface area contributed by atoms with Gasteiger partial charge in [0.05, 0.1) is 0 Å². The molecule has 1 aromatic rings. The van der Waals surface area contributed by atoms with E-state index >= 15 is 0 Å². The van der Waals surface area contributed by atoms with Gasteiger partial charge in [0.1, 0.15) is 6.61 Å². The molecule has 0 saturated carbocycles. The zero-order chi connectivity index (χ0) is 14.8. The predicted octanol–water partition coefficient (Wildman–Crippen LogP) is 3.32. The molecule has 1 aromatic carbocycles. The number of benzene rings is 1. The number of amides is 1. The van der Waals surface area contributed by atoms with Crippen molar-refractivity contribution >= 4 is 28.0 Å². The molecule has 20 heavy (non-hydrogen) atoms. The largest absolute Gasteiger partial charge is 0.443 e. The highest BCUT2D eigenvalue weighted by Gasteiger charge is 2.08. The number of alkyl halides is 1. The Balaban J connectivity index is 2.12. The first-order valence-corrected chi connectivity index (χ1v) is 7.30. The minimum absolute atomic E-state index is 0.130. The van der Waals surface area contributed by atoms with E-state index in [0.717, 1.165) is 12.0 Å². The van der Waals surface area contributed by atoms with E-state index in [0.29, 0.717) is 11.2 Å². The zero-order valence-corrected chi connectivity index (χ0v) is 12.9. The van der Waals surface area contributed by atoms with Crippen LogP contribution in [-0.4, -0.2) is 16.9 Å². The van der Waals surface area contributed by atoms with Crippen molar-refractivity contribution in [2.75, 3.05) is 0 Å². The second-order valence-electron chi connectivity index (χ2n) is 4.31. The molecule has 1 rings (SSSR count). The van der Waals surface area contributed by atoms with Gasteiger partial charge in [-0.2, -0.15) is 0 Å². The summed E-state index contributed by atoms with van der Waals surface area (Å²) in [4.78, 5) is 27.5. The van der Waals surface area contributed by atoms with Crippen LogP contribution in [0.2, 0.25) is 0 Å². The number of hydrogen-bond acceptors (Lipinski definition) is 4. The van der Waals surface area contributed by atoms with Crippen LogP contribution in [0.15, 0.2) is 30.3 Å². The second kappa shape index (κ2) is 9.36. The summed E-state index contributed by atoms with van der Waals surface area (Å²) in [5, 5.41) is 0. The first-order valence-electron chi connectivity index (χ1n) is 6.38. The quantitative estimate of drug-likeness (QED) is 0.635. The lowest BCUT2D eigenvalue weighted by Gasteiger charge is -2.07. The number of carbonyl (C=O) groups is 2. The lowest BCUT2D eigenvalue weighted by Crippen LogP contribution is -2.27. The number of ether oxygens (including phenoxy) is 1. The van der Waals surface area contributed by atoms with Crippen LogP contribution >= 0.6 is 15.9 Å². The van der Waals surface area contributed by atoms with Gasteiger partial charge in [0.25, 0.3) is 0 Å². The summed E-state index contributed by atoms with van der Waals surface area (Å²) in [6.07, 6.45) is 1.05. The Bertz CT molecular complexity index is 422. The zero-order valence-electron chi connectivity index (χ0n) is 11.3. The highest BCUT2D eigenvalue weighted by Crippen LogP contribution is 2.08. The molecule has 0 aromatic heterocycles. The van der Waals surface area contributed by atoms with Crippen LogP contribution in [0.5, 0.6) is 0 Å². The molecule has 110 valence electrons. The molecule has 1 amide bonds. The minimum atomic E-state index is -0.781. The predicted molar refractivity (Wildman–Crippen MR) is 78.1 cm³/mol. The second-order valence-corrected chi connectivity index (χ2v) is 5.87. The van der Waals surface area contributed by atoms with Crippen molar-refractivity contribution < 1.29 is 19.2 Å². The summed E-state index contributed by atoms with van der Waals surface area (Å²) in [6.45, 7) is 2.13. The molecule has 0 heterocycles. The Morgan fingerprint density at radius 2 is 2.00 bits per heavy atom. The van der Waals surface area contributed by atoms with Crippen molar-refractivity contribution in [1.82, 2.24) is 5.48 Å². The Kier molecular flexibility index (Phi) is 7.72. The summed E-state index contributed by atoms with van der Waals surface area (Å²) >= 11 is 3.39. The van der Waals surface area contributed by atoms with Crippen molar-refractivity contribution in [1.29, 1.82) is 0 Å². The summed E-state index contributed by atoms with van der Waals surface area (Å²) in [7, 11) is 0. The molecule has 0 bridgehead atoms. The molecule has 0 fully saturated rings. The summed E-state index contributed by atoms with van der Waals surface area (Å²) < 4.78 is 4.89. The molecule has 1 atom stereocenters. The molecule has 0 aliphatic carbocycles. The SMILES string of the molecule is CC(Br)CCCC(=O)ONC(=O)OCc1ccccc1. The third-order valence-corrected chi connectivity index (χ3v) is 2.90. The molecule has 0 saturated heterocycles.